The highest BCUT2D eigenvalue weighted by atomic mass is 16.7. The van der Waals surface area contributed by atoms with E-state index >= 15 is 0 Å². The van der Waals surface area contributed by atoms with Crippen molar-refractivity contribution in [3.8, 4) is 0 Å². The number of hydrogen-bond donors (Lipinski definition) is 12. The Morgan fingerprint density at radius 1 is 0.687 bits per heavy atom. The monoisotopic (exact) mass is 951 g/mol. The minimum Gasteiger partial charge on any atom is -0.481 e. The van der Waals surface area contributed by atoms with Gasteiger partial charge in [0.2, 0.25) is 6.41 Å². The van der Waals surface area contributed by atoms with Crippen LogP contribution in [0.2, 0.25) is 0 Å². The van der Waals surface area contributed by atoms with Crippen LogP contribution in [0.3, 0.4) is 0 Å². The molecule has 2 bridgehead atoms. The molecule has 0 radical (unpaired) electrons. The topological polar surface area (TPSA) is 323 Å². The third-order valence-electron chi connectivity index (χ3n) is 12.2. The van der Waals surface area contributed by atoms with E-state index in [0.717, 1.165) is 0 Å². The van der Waals surface area contributed by atoms with Gasteiger partial charge in [0.25, 0.3) is 0 Å². The van der Waals surface area contributed by atoms with Gasteiger partial charge in [0, 0.05) is 37.5 Å². The summed E-state index contributed by atoms with van der Waals surface area (Å²) in [5.41, 5.74) is 0. The number of carbonyl (C=O) groups is 3. The van der Waals surface area contributed by atoms with Gasteiger partial charge in [0.1, 0.15) is 24.2 Å². The molecule has 0 spiro atoms. The Kier molecular flexibility index (Phi) is 24.4. The summed E-state index contributed by atoms with van der Waals surface area (Å²) in [7, 11) is 0. The summed E-state index contributed by atoms with van der Waals surface area (Å²) in [6, 6.07) is -1.20. The number of fused-ring (bicyclic) bond motifs is 2. The summed E-state index contributed by atoms with van der Waals surface area (Å²) in [4.78, 5) is 36.4. The maximum absolute atomic E-state index is 12.6. The fraction of sp³-hybridized carbons (Fsp3) is 0.646. The molecule has 0 aromatic carbocycles. The van der Waals surface area contributed by atoms with E-state index in [0.29, 0.717) is 6.41 Å². The molecule has 3 aliphatic rings. The summed E-state index contributed by atoms with van der Waals surface area (Å²) < 4.78 is 23.2. The van der Waals surface area contributed by atoms with Crippen LogP contribution in [0.15, 0.2) is 85.1 Å². The lowest BCUT2D eigenvalue weighted by Crippen LogP contribution is -2.63. The van der Waals surface area contributed by atoms with Gasteiger partial charge in [0.15, 0.2) is 12.1 Å². The smallest absolute Gasteiger partial charge is 0.311 e. The number of amides is 1. The number of esters is 1. The molecule has 1 amide bonds. The summed E-state index contributed by atoms with van der Waals surface area (Å²) >= 11 is 0. The Bertz CT molecular complexity index is 1730. The van der Waals surface area contributed by atoms with Crippen molar-refractivity contribution in [1.82, 2.24) is 5.32 Å². The molecule has 0 saturated carbocycles. The van der Waals surface area contributed by atoms with Crippen molar-refractivity contribution in [1.29, 1.82) is 0 Å². The maximum Gasteiger partial charge on any atom is 0.311 e. The first-order chi connectivity index (χ1) is 31.7. The van der Waals surface area contributed by atoms with Gasteiger partial charge in [0.05, 0.1) is 73.5 Å². The highest BCUT2D eigenvalue weighted by Gasteiger charge is 2.51. The van der Waals surface area contributed by atoms with Crippen LogP contribution in [0.25, 0.3) is 0 Å². The summed E-state index contributed by atoms with van der Waals surface area (Å²) in [5.74, 6) is -6.94. The third kappa shape index (κ3) is 19.2. The Hall–Kier alpha value is -3.93. The highest BCUT2D eigenvalue weighted by molar-refractivity contribution is 5.71. The zero-order valence-electron chi connectivity index (χ0n) is 38.5. The second-order valence-electron chi connectivity index (χ2n) is 17.8. The van der Waals surface area contributed by atoms with Crippen LogP contribution in [-0.2, 0) is 33.3 Å². The first-order valence-corrected chi connectivity index (χ1v) is 22.8. The molecule has 0 aromatic rings. The number of aliphatic hydroxyl groups excluding tert-OH is 9. The molecule has 3 heterocycles. The van der Waals surface area contributed by atoms with Crippen molar-refractivity contribution in [3.05, 3.63) is 85.1 Å². The molecule has 378 valence electrons. The van der Waals surface area contributed by atoms with Crippen LogP contribution >= 0.6 is 0 Å². The zero-order chi connectivity index (χ0) is 49.8. The second kappa shape index (κ2) is 28.5. The van der Waals surface area contributed by atoms with Crippen molar-refractivity contribution in [2.24, 2.45) is 17.8 Å². The molecule has 0 aliphatic carbocycles. The Balaban J connectivity index is 1.88. The minimum absolute atomic E-state index is 0.119. The fourth-order valence-electron chi connectivity index (χ4n) is 8.21. The van der Waals surface area contributed by atoms with E-state index in [2.05, 4.69) is 5.32 Å². The molecule has 1 unspecified atom stereocenters. The Labute approximate surface area is 391 Å². The predicted molar refractivity (Wildman–Crippen MR) is 242 cm³/mol. The van der Waals surface area contributed by atoms with Crippen molar-refractivity contribution in [2.75, 3.05) is 0 Å². The number of nitrogens with one attached hydrogen (secondary N) is 1. The summed E-state index contributed by atoms with van der Waals surface area (Å²) in [5, 5.41) is 121. The number of hydrogen-bond acceptors (Lipinski definition) is 17. The van der Waals surface area contributed by atoms with Gasteiger partial charge in [-0.05, 0) is 33.1 Å². The van der Waals surface area contributed by atoms with Crippen LogP contribution < -0.4 is 5.32 Å². The number of rotatable bonds is 5. The average molecular weight is 952 g/mol. The van der Waals surface area contributed by atoms with Gasteiger partial charge in [-0.1, -0.05) is 98.9 Å². The lowest BCUT2D eigenvalue weighted by molar-refractivity contribution is -0.309. The normalized spacial score (nSPS) is 41.0. The Morgan fingerprint density at radius 2 is 1.27 bits per heavy atom. The largest absolute Gasteiger partial charge is 0.481 e. The van der Waals surface area contributed by atoms with Gasteiger partial charge < -0.3 is 80.4 Å². The number of ether oxygens (including phenoxy) is 4. The van der Waals surface area contributed by atoms with Crippen LogP contribution in [0.4, 0.5) is 0 Å². The van der Waals surface area contributed by atoms with Crippen LogP contribution in [-0.4, -0.2) is 172 Å². The van der Waals surface area contributed by atoms with E-state index in [4.69, 9.17) is 18.9 Å². The molecular weight excluding hydrogens is 879 g/mol. The highest BCUT2D eigenvalue weighted by Crippen LogP contribution is 2.38. The fourth-order valence-corrected chi connectivity index (χ4v) is 8.21. The first-order valence-electron chi connectivity index (χ1n) is 22.8. The molecule has 12 N–H and O–H groups in total. The average Bonchev–Trinajstić information content (AvgIpc) is 3.24. The number of cyclic esters (lactones) is 1. The lowest BCUT2D eigenvalue weighted by atomic mass is 9.82. The van der Waals surface area contributed by atoms with Gasteiger partial charge in [-0.3, -0.25) is 14.4 Å². The number of carboxylic acid groups (broad SMARTS) is 1. The molecule has 2 saturated heterocycles. The van der Waals surface area contributed by atoms with E-state index in [-0.39, 0.29) is 31.6 Å². The van der Waals surface area contributed by atoms with Crippen molar-refractivity contribution >= 4 is 18.3 Å². The SMILES string of the molecule is C[C@@H]1[C@H](O)[C@@H](C)C=CC=CC=CC=CC=CC=CC=C[C@H](O[C@@H]2O[C@H](C)[C@@H](O)[C@H](NC=O)[C@@H]2O)C[C@@H]2O[C@@](O)(C[C@@H](O)C[C@@H](O)[C@H](O)CC[C@@H](O)C[C@@H](O)CC(=O)O[C@H]1C)C[C@H](O)C2C(=O)O. The zero-order valence-corrected chi connectivity index (χ0v) is 38.5. The Morgan fingerprint density at radius 3 is 1.85 bits per heavy atom. The maximum atomic E-state index is 12.6. The van der Waals surface area contributed by atoms with Gasteiger partial charge in [-0.2, -0.15) is 0 Å². The number of carbonyl (C=O) groups excluding carboxylic acids is 2. The number of aliphatic carboxylic acids is 1. The lowest BCUT2D eigenvalue weighted by Gasteiger charge is -2.45. The molecule has 3 aliphatic heterocycles. The molecular formula is C48H73NO18. The number of aliphatic hydroxyl groups is 10. The van der Waals surface area contributed by atoms with E-state index in [1.54, 1.807) is 86.8 Å². The quantitative estimate of drug-likeness (QED) is 0.132. The van der Waals surface area contributed by atoms with E-state index in [1.165, 1.54) is 13.0 Å². The van der Waals surface area contributed by atoms with Crippen LogP contribution in [0.5, 0.6) is 0 Å². The number of allylic oxidation sites excluding steroid dienone is 12. The number of carboxylic acids is 1. The van der Waals surface area contributed by atoms with E-state index in [1.807, 2.05) is 13.0 Å². The predicted octanol–water partition coefficient (Wildman–Crippen LogP) is 0.499. The molecule has 19 nitrogen and oxygen atoms in total. The van der Waals surface area contributed by atoms with Crippen LogP contribution in [0, 0.1) is 17.8 Å². The van der Waals surface area contributed by atoms with Crippen molar-refractivity contribution < 1.29 is 89.5 Å². The standard InChI is InChI=1S/C48H73NO18/c1-28-17-15-13-11-9-7-5-6-8-10-12-14-16-18-35(66-47-45(60)42(49-27-50)44(59)31(4)65-47)24-39-41(46(61)62)38(56)26-48(63,67-39)25-34(53)22-37(55)36(54)20-19-32(51)21-33(52)23-40(57)64-30(3)29(2)43(28)58/h5-18,27-39,41-45,47,51-56,58-60,63H,19-26H2,1-4H3,(H,49,50)(H,61,62)/t28-,29-,30-,31+,32+,33+,34-,35-,36+,37+,38-,39-,41?,42-,43+,44+,45-,47-,48-/m0/s1. The van der Waals surface area contributed by atoms with Crippen molar-refractivity contribution in [2.45, 2.75) is 177 Å². The first kappa shape index (κ1) is 57.4. The summed E-state index contributed by atoms with van der Waals surface area (Å²) in [6.45, 7) is 6.69. The van der Waals surface area contributed by atoms with E-state index in [9.17, 15) is 70.6 Å². The van der Waals surface area contributed by atoms with Gasteiger partial charge in [-0.25, -0.2) is 0 Å². The molecule has 67 heavy (non-hydrogen) atoms. The molecule has 19 heteroatoms. The van der Waals surface area contributed by atoms with Gasteiger partial charge >= 0.3 is 11.9 Å². The molecule has 2 fully saturated rings. The molecule has 3 rings (SSSR count). The molecule has 0 aromatic heterocycles. The minimum atomic E-state index is -2.36. The van der Waals surface area contributed by atoms with Gasteiger partial charge in [-0.15, -0.1) is 0 Å². The summed E-state index contributed by atoms with van der Waals surface area (Å²) in [6.07, 6.45) is 2.79. The van der Waals surface area contributed by atoms with Crippen LogP contribution in [0.1, 0.15) is 79.1 Å². The molecule has 19 atom stereocenters. The van der Waals surface area contributed by atoms with E-state index < -0.39 is 147 Å². The van der Waals surface area contributed by atoms with Crippen molar-refractivity contribution in [3.63, 3.8) is 0 Å². The third-order valence-corrected chi connectivity index (χ3v) is 12.2. The second-order valence-corrected chi connectivity index (χ2v) is 17.8.